The number of phenols is 2. The maximum Gasteiger partial charge on any atom is 0.164 e. The average Bonchev–Trinajstić information content (AvgIpc) is 2.55. The minimum absolute atomic E-state index is 0.151. The fraction of sp³-hybridized carbons (Fsp3) is 0.700. The number of rotatable bonds is 13. The molecule has 0 spiro atoms. The van der Waals surface area contributed by atoms with E-state index in [1.54, 1.807) is 6.07 Å². The third-order valence-corrected chi connectivity index (χ3v) is 4.41. The van der Waals surface area contributed by atoms with Crippen LogP contribution < -0.4 is 4.74 Å². The number of benzene rings is 1. The Labute approximate surface area is 141 Å². The van der Waals surface area contributed by atoms with Crippen molar-refractivity contribution < 1.29 is 14.9 Å². The van der Waals surface area contributed by atoms with Crippen LogP contribution in [0.3, 0.4) is 0 Å². The number of aromatic hydroxyl groups is 2. The SMILES string of the molecule is CCCCCCCCCCCCCc1cc(O)cc(OC)c1O. The molecule has 3 heteroatoms. The quantitative estimate of drug-likeness (QED) is 0.348. The highest BCUT2D eigenvalue weighted by Gasteiger charge is 2.09. The van der Waals surface area contributed by atoms with Crippen LogP contribution in [0.25, 0.3) is 0 Å². The van der Waals surface area contributed by atoms with Gasteiger partial charge in [-0.1, -0.05) is 71.1 Å². The van der Waals surface area contributed by atoms with Gasteiger partial charge in [-0.2, -0.15) is 0 Å². The molecule has 0 atom stereocenters. The van der Waals surface area contributed by atoms with E-state index in [4.69, 9.17) is 4.74 Å². The second kappa shape index (κ2) is 12.1. The molecule has 1 aromatic rings. The molecule has 0 radical (unpaired) electrons. The molecule has 0 aromatic heterocycles. The highest BCUT2D eigenvalue weighted by atomic mass is 16.5. The fourth-order valence-electron chi connectivity index (χ4n) is 2.98. The molecule has 0 heterocycles. The molecule has 2 N–H and O–H groups in total. The highest BCUT2D eigenvalue weighted by Crippen LogP contribution is 2.35. The fourth-order valence-corrected chi connectivity index (χ4v) is 2.98. The Morgan fingerprint density at radius 1 is 0.783 bits per heavy atom. The molecular weight excluding hydrogens is 288 g/mol. The Kier molecular flexibility index (Phi) is 10.3. The van der Waals surface area contributed by atoms with Gasteiger partial charge in [0.2, 0.25) is 0 Å². The zero-order chi connectivity index (χ0) is 16.9. The van der Waals surface area contributed by atoms with Crippen LogP contribution in [0.4, 0.5) is 0 Å². The first-order valence-electron chi connectivity index (χ1n) is 9.27. The summed E-state index contributed by atoms with van der Waals surface area (Å²) in [5, 5.41) is 19.7. The van der Waals surface area contributed by atoms with Gasteiger partial charge in [-0.25, -0.2) is 0 Å². The third-order valence-electron chi connectivity index (χ3n) is 4.41. The maximum atomic E-state index is 10.0. The van der Waals surface area contributed by atoms with Crippen molar-refractivity contribution in [2.75, 3.05) is 7.11 Å². The van der Waals surface area contributed by atoms with Crippen molar-refractivity contribution >= 4 is 0 Å². The van der Waals surface area contributed by atoms with Gasteiger partial charge < -0.3 is 14.9 Å². The summed E-state index contributed by atoms with van der Waals surface area (Å²) in [5.74, 6) is 0.665. The van der Waals surface area contributed by atoms with Crippen LogP contribution in [0.5, 0.6) is 17.2 Å². The molecule has 3 nitrogen and oxygen atoms in total. The molecule has 0 bridgehead atoms. The van der Waals surface area contributed by atoms with E-state index in [9.17, 15) is 10.2 Å². The number of methoxy groups -OCH3 is 1. The molecule has 132 valence electrons. The lowest BCUT2D eigenvalue weighted by atomic mass is 10.0. The Bertz CT molecular complexity index is 429. The number of phenolic OH excluding ortho intramolecular Hbond substituents is 2. The molecule has 0 aliphatic carbocycles. The van der Waals surface area contributed by atoms with Gasteiger partial charge in [-0.15, -0.1) is 0 Å². The summed E-state index contributed by atoms with van der Waals surface area (Å²) in [6.07, 6.45) is 15.2. The number of hydrogen-bond acceptors (Lipinski definition) is 3. The standard InChI is InChI=1S/C20H34O3/c1-3-4-5-6-7-8-9-10-11-12-13-14-17-15-18(21)16-19(23-2)20(17)22/h15-16,21-22H,3-14H2,1-2H3. The number of hydrogen-bond donors (Lipinski definition) is 2. The molecule has 0 aliphatic rings. The summed E-state index contributed by atoms with van der Waals surface area (Å²) < 4.78 is 5.06. The highest BCUT2D eigenvalue weighted by molar-refractivity contribution is 5.50. The summed E-state index contributed by atoms with van der Waals surface area (Å²) in [4.78, 5) is 0. The number of aryl methyl sites for hydroxylation is 1. The van der Waals surface area contributed by atoms with Crippen LogP contribution >= 0.6 is 0 Å². The number of ether oxygens (including phenoxy) is 1. The second-order valence-electron chi connectivity index (χ2n) is 6.44. The lowest BCUT2D eigenvalue weighted by Crippen LogP contribution is -1.91. The molecule has 0 aliphatic heterocycles. The first kappa shape index (κ1) is 19.7. The summed E-state index contributed by atoms with van der Waals surface area (Å²) in [6, 6.07) is 3.08. The normalized spacial score (nSPS) is 10.9. The minimum atomic E-state index is 0.151. The Morgan fingerprint density at radius 3 is 1.83 bits per heavy atom. The van der Waals surface area contributed by atoms with E-state index < -0.39 is 0 Å². The van der Waals surface area contributed by atoms with E-state index in [0.717, 1.165) is 18.4 Å². The van der Waals surface area contributed by atoms with Crippen molar-refractivity contribution in [1.82, 2.24) is 0 Å². The summed E-state index contributed by atoms with van der Waals surface area (Å²) in [7, 11) is 1.50. The lowest BCUT2D eigenvalue weighted by molar-refractivity contribution is 0.365. The van der Waals surface area contributed by atoms with Crippen LogP contribution in [0, 0.1) is 0 Å². The molecule has 23 heavy (non-hydrogen) atoms. The monoisotopic (exact) mass is 322 g/mol. The zero-order valence-corrected chi connectivity index (χ0v) is 14.9. The molecule has 0 unspecified atom stereocenters. The topological polar surface area (TPSA) is 49.7 Å². The molecular formula is C20H34O3. The zero-order valence-electron chi connectivity index (χ0n) is 14.9. The van der Waals surface area contributed by atoms with E-state index >= 15 is 0 Å². The van der Waals surface area contributed by atoms with Crippen LogP contribution in [-0.4, -0.2) is 17.3 Å². The summed E-state index contributed by atoms with van der Waals surface area (Å²) in [5.41, 5.74) is 0.776. The first-order chi connectivity index (χ1) is 11.2. The van der Waals surface area contributed by atoms with Crippen LogP contribution in [0.2, 0.25) is 0 Å². The van der Waals surface area contributed by atoms with E-state index in [-0.39, 0.29) is 11.5 Å². The Morgan fingerprint density at radius 2 is 1.30 bits per heavy atom. The van der Waals surface area contributed by atoms with E-state index in [2.05, 4.69) is 6.92 Å². The summed E-state index contributed by atoms with van der Waals surface area (Å²) in [6.45, 7) is 2.26. The lowest BCUT2D eigenvalue weighted by Gasteiger charge is -2.10. The van der Waals surface area contributed by atoms with Crippen LogP contribution in [-0.2, 0) is 6.42 Å². The van der Waals surface area contributed by atoms with Crippen molar-refractivity contribution in [2.45, 2.75) is 84.0 Å². The Balaban J connectivity index is 2.08. The molecule has 0 fully saturated rings. The molecule has 1 aromatic carbocycles. The van der Waals surface area contributed by atoms with E-state index in [1.165, 1.54) is 77.4 Å². The van der Waals surface area contributed by atoms with Crippen molar-refractivity contribution in [3.05, 3.63) is 17.7 Å². The molecule has 0 amide bonds. The van der Waals surface area contributed by atoms with Gasteiger partial charge >= 0.3 is 0 Å². The van der Waals surface area contributed by atoms with Gasteiger partial charge in [0.25, 0.3) is 0 Å². The van der Waals surface area contributed by atoms with Crippen molar-refractivity contribution in [3.8, 4) is 17.2 Å². The van der Waals surface area contributed by atoms with Gasteiger partial charge in [0.15, 0.2) is 11.5 Å². The van der Waals surface area contributed by atoms with Crippen molar-refractivity contribution in [3.63, 3.8) is 0 Å². The van der Waals surface area contributed by atoms with Crippen LogP contribution in [0.15, 0.2) is 12.1 Å². The molecule has 1 rings (SSSR count). The Hall–Kier alpha value is -1.38. The molecule has 0 saturated carbocycles. The van der Waals surface area contributed by atoms with Crippen molar-refractivity contribution in [1.29, 1.82) is 0 Å². The smallest absolute Gasteiger partial charge is 0.164 e. The second-order valence-corrected chi connectivity index (χ2v) is 6.44. The van der Waals surface area contributed by atoms with E-state index in [1.807, 2.05) is 0 Å². The van der Waals surface area contributed by atoms with Gasteiger partial charge in [0.05, 0.1) is 7.11 Å². The maximum absolute atomic E-state index is 10.0. The largest absolute Gasteiger partial charge is 0.508 e. The first-order valence-corrected chi connectivity index (χ1v) is 9.27. The van der Waals surface area contributed by atoms with Gasteiger partial charge in [0, 0.05) is 11.6 Å². The predicted molar refractivity (Wildman–Crippen MR) is 96.5 cm³/mol. The average molecular weight is 322 g/mol. The van der Waals surface area contributed by atoms with E-state index in [0.29, 0.717) is 5.75 Å². The van der Waals surface area contributed by atoms with Gasteiger partial charge in [0.1, 0.15) is 5.75 Å². The molecule has 0 saturated heterocycles. The van der Waals surface area contributed by atoms with Gasteiger partial charge in [-0.3, -0.25) is 0 Å². The van der Waals surface area contributed by atoms with Crippen LogP contribution in [0.1, 0.15) is 83.1 Å². The van der Waals surface area contributed by atoms with Gasteiger partial charge in [-0.05, 0) is 18.9 Å². The predicted octanol–water partition coefficient (Wildman–Crippen LogP) is 5.96. The number of unbranched alkanes of at least 4 members (excludes halogenated alkanes) is 10. The third kappa shape index (κ3) is 8.15. The minimum Gasteiger partial charge on any atom is -0.508 e. The summed E-state index contributed by atoms with van der Waals surface area (Å²) >= 11 is 0. The van der Waals surface area contributed by atoms with Crippen molar-refractivity contribution in [2.24, 2.45) is 0 Å².